The number of aryl methyl sites for hydroxylation is 1. The van der Waals surface area contributed by atoms with Gasteiger partial charge in [-0.25, -0.2) is 0 Å². The molecule has 0 radical (unpaired) electrons. The van der Waals surface area contributed by atoms with Crippen LogP contribution in [0.25, 0.3) is 0 Å². The van der Waals surface area contributed by atoms with Gasteiger partial charge in [0.15, 0.2) is 0 Å². The summed E-state index contributed by atoms with van der Waals surface area (Å²) >= 11 is 0. The summed E-state index contributed by atoms with van der Waals surface area (Å²) in [6.07, 6.45) is 5.16. The molecule has 0 amide bonds. The molecule has 102 valence electrons. The number of morpholine rings is 1. The third-order valence-electron chi connectivity index (χ3n) is 5.05. The highest BCUT2D eigenvalue weighted by Crippen LogP contribution is 2.44. The number of rotatable bonds is 1. The van der Waals surface area contributed by atoms with Crippen molar-refractivity contribution in [3.05, 3.63) is 29.3 Å². The summed E-state index contributed by atoms with van der Waals surface area (Å²) in [7, 11) is 0. The molecule has 2 saturated heterocycles. The number of nitrogens with one attached hydrogen (secondary N) is 1. The Labute approximate surface area is 114 Å². The van der Waals surface area contributed by atoms with E-state index in [4.69, 9.17) is 4.74 Å². The standard InChI is InChI=1S/C16H22N2O/c1-5-16(17-7-1)6-4-13-2-3-14(12-15(13)16)18-8-10-19-11-9-18/h2-3,12,17H,1,4-11H2/t16-/m0/s1. The number of anilines is 1. The minimum Gasteiger partial charge on any atom is -0.378 e. The van der Waals surface area contributed by atoms with Crippen molar-refractivity contribution in [3.63, 3.8) is 0 Å². The van der Waals surface area contributed by atoms with E-state index in [0.29, 0.717) is 5.54 Å². The smallest absolute Gasteiger partial charge is 0.0642 e. The molecular weight excluding hydrogens is 236 g/mol. The van der Waals surface area contributed by atoms with Gasteiger partial charge < -0.3 is 15.0 Å². The monoisotopic (exact) mass is 258 g/mol. The van der Waals surface area contributed by atoms with Crippen LogP contribution in [0.2, 0.25) is 0 Å². The number of hydrogen-bond donors (Lipinski definition) is 1. The molecule has 19 heavy (non-hydrogen) atoms. The summed E-state index contributed by atoms with van der Waals surface area (Å²) < 4.78 is 5.45. The Morgan fingerprint density at radius 3 is 2.84 bits per heavy atom. The molecule has 1 spiro atoms. The molecule has 4 rings (SSSR count). The fourth-order valence-electron chi connectivity index (χ4n) is 3.98. The number of nitrogens with zero attached hydrogens (tertiary/aromatic N) is 1. The highest BCUT2D eigenvalue weighted by Gasteiger charge is 2.40. The Bertz CT molecular complexity index is 474. The number of fused-ring (bicyclic) bond motifs is 2. The van der Waals surface area contributed by atoms with Crippen molar-refractivity contribution in [1.82, 2.24) is 5.32 Å². The normalized spacial score (nSPS) is 30.0. The van der Waals surface area contributed by atoms with Gasteiger partial charge in [-0.05, 0) is 55.5 Å². The molecule has 0 unspecified atom stereocenters. The van der Waals surface area contributed by atoms with Gasteiger partial charge in [0, 0.05) is 24.3 Å². The van der Waals surface area contributed by atoms with Crippen LogP contribution in [0, 0.1) is 0 Å². The van der Waals surface area contributed by atoms with Crippen LogP contribution in [0.5, 0.6) is 0 Å². The predicted octanol–water partition coefficient (Wildman–Crippen LogP) is 2.05. The van der Waals surface area contributed by atoms with Gasteiger partial charge in [0.2, 0.25) is 0 Å². The molecule has 1 atom stereocenters. The van der Waals surface area contributed by atoms with E-state index in [-0.39, 0.29) is 0 Å². The van der Waals surface area contributed by atoms with Gasteiger partial charge in [0.25, 0.3) is 0 Å². The summed E-state index contributed by atoms with van der Waals surface area (Å²) in [6.45, 7) is 4.96. The average molecular weight is 258 g/mol. The first-order valence-electron chi connectivity index (χ1n) is 7.59. The molecule has 0 saturated carbocycles. The first kappa shape index (κ1) is 11.7. The van der Waals surface area contributed by atoms with Gasteiger partial charge in [-0.2, -0.15) is 0 Å². The summed E-state index contributed by atoms with van der Waals surface area (Å²) in [5, 5.41) is 3.78. The lowest BCUT2D eigenvalue weighted by Crippen LogP contribution is -2.37. The quantitative estimate of drug-likeness (QED) is 0.834. The second-order valence-corrected chi connectivity index (χ2v) is 6.05. The summed E-state index contributed by atoms with van der Waals surface area (Å²) in [4.78, 5) is 2.46. The molecule has 1 aromatic carbocycles. The molecule has 2 heterocycles. The Hall–Kier alpha value is -1.06. The summed E-state index contributed by atoms with van der Waals surface area (Å²) in [5.74, 6) is 0. The van der Waals surface area contributed by atoms with Gasteiger partial charge in [0.05, 0.1) is 13.2 Å². The van der Waals surface area contributed by atoms with Crippen LogP contribution in [-0.4, -0.2) is 32.8 Å². The van der Waals surface area contributed by atoms with E-state index in [1.165, 1.54) is 37.9 Å². The van der Waals surface area contributed by atoms with Crippen molar-refractivity contribution in [2.75, 3.05) is 37.7 Å². The highest BCUT2D eigenvalue weighted by atomic mass is 16.5. The van der Waals surface area contributed by atoms with Crippen LogP contribution < -0.4 is 10.2 Å². The van der Waals surface area contributed by atoms with Gasteiger partial charge in [-0.3, -0.25) is 0 Å². The van der Waals surface area contributed by atoms with Crippen molar-refractivity contribution in [1.29, 1.82) is 0 Å². The van der Waals surface area contributed by atoms with E-state index in [1.54, 1.807) is 11.1 Å². The average Bonchev–Trinajstić information content (AvgIpc) is 3.09. The van der Waals surface area contributed by atoms with E-state index in [2.05, 4.69) is 28.4 Å². The third-order valence-corrected chi connectivity index (χ3v) is 5.05. The maximum Gasteiger partial charge on any atom is 0.0642 e. The van der Waals surface area contributed by atoms with Gasteiger partial charge in [-0.1, -0.05) is 6.07 Å². The van der Waals surface area contributed by atoms with Crippen molar-refractivity contribution in [2.24, 2.45) is 0 Å². The zero-order chi connectivity index (χ0) is 12.7. The SMILES string of the molecule is c1cc2c(cc1N1CCOCC1)[C@]1(CCCN1)CC2. The Kier molecular flexibility index (Phi) is 2.78. The van der Waals surface area contributed by atoms with E-state index < -0.39 is 0 Å². The molecule has 1 N–H and O–H groups in total. The molecular formula is C16H22N2O. The van der Waals surface area contributed by atoms with Crippen molar-refractivity contribution in [3.8, 4) is 0 Å². The molecule has 3 heteroatoms. The second kappa shape index (κ2) is 4.50. The summed E-state index contributed by atoms with van der Waals surface area (Å²) in [6, 6.07) is 7.11. The minimum atomic E-state index is 0.303. The van der Waals surface area contributed by atoms with E-state index in [0.717, 1.165) is 26.3 Å². The maximum atomic E-state index is 5.45. The van der Waals surface area contributed by atoms with Crippen LogP contribution in [0.3, 0.4) is 0 Å². The van der Waals surface area contributed by atoms with Crippen LogP contribution in [-0.2, 0) is 16.7 Å². The van der Waals surface area contributed by atoms with Crippen molar-refractivity contribution < 1.29 is 4.74 Å². The fourth-order valence-corrected chi connectivity index (χ4v) is 3.98. The van der Waals surface area contributed by atoms with Crippen molar-refractivity contribution in [2.45, 2.75) is 31.2 Å². The highest BCUT2D eigenvalue weighted by molar-refractivity contribution is 5.55. The molecule has 3 aliphatic rings. The Balaban J connectivity index is 1.68. The minimum absolute atomic E-state index is 0.303. The van der Waals surface area contributed by atoms with E-state index >= 15 is 0 Å². The third kappa shape index (κ3) is 1.87. The second-order valence-electron chi connectivity index (χ2n) is 6.05. The van der Waals surface area contributed by atoms with Crippen LogP contribution >= 0.6 is 0 Å². The molecule has 1 aromatic rings. The van der Waals surface area contributed by atoms with Gasteiger partial charge in [0.1, 0.15) is 0 Å². The van der Waals surface area contributed by atoms with Crippen LogP contribution in [0.15, 0.2) is 18.2 Å². The van der Waals surface area contributed by atoms with E-state index in [9.17, 15) is 0 Å². The van der Waals surface area contributed by atoms with Crippen LogP contribution in [0.4, 0.5) is 5.69 Å². The molecule has 3 nitrogen and oxygen atoms in total. The number of benzene rings is 1. The fraction of sp³-hybridized carbons (Fsp3) is 0.625. The largest absolute Gasteiger partial charge is 0.378 e. The lowest BCUT2D eigenvalue weighted by molar-refractivity contribution is 0.122. The topological polar surface area (TPSA) is 24.5 Å². The van der Waals surface area contributed by atoms with Crippen LogP contribution in [0.1, 0.15) is 30.4 Å². The zero-order valence-electron chi connectivity index (χ0n) is 11.5. The Morgan fingerprint density at radius 2 is 2.05 bits per heavy atom. The number of ether oxygens (including phenoxy) is 1. The molecule has 1 aliphatic carbocycles. The first-order valence-corrected chi connectivity index (χ1v) is 7.59. The van der Waals surface area contributed by atoms with Gasteiger partial charge >= 0.3 is 0 Å². The number of hydrogen-bond acceptors (Lipinski definition) is 3. The maximum absolute atomic E-state index is 5.45. The van der Waals surface area contributed by atoms with E-state index in [1.807, 2.05) is 0 Å². The molecule has 2 fully saturated rings. The Morgan fingerprint density at radius 1 is 1.16 bits per heavy atom. The van der Waals surface area contributed by atoms with Crippen molar-refractivity contribution >= 4 is 5.69 Å². The zero-order valence-corrected chi connectivity index (χ0v) is 11.5. The molecule has 0 aromatic heterocycles. The summed E-state index contributed by atoms with van der Waals surface area (Å²) in [5.41, 5.74) is 4.83. The lowest BCUT2D eigenvalue weighted by Gasteiger charge is -2.31. The predicted molar refractivity (Wildman–Crippen MR) is 76.7 cm³/mol. The lowest BCUT2D eigenvalue weighted by atomic mass is 9.90. The molecule has 0 bridgehead atoms. The molecule has 2 aliphatic heterocycles. The van der Waals surface area contributed by atoms with Gasteiger partial charge in [-0.15, -0.1) is 0 Å². The first-order chi connectivity index (χ1) is 9.37.